The van der Waals surface area contributed by atoms with Gasteiger partial charge in [-0.3, -0.25) is 0 Å². The van der Waals surface area contributed by atoms with Gasteiger partial charge in [-0.2, -0.15) is 0 Å². The van der Waals surface area contributed by atoms with Crippen LogP contribution >= 0.6 is 0 Å². The highest BCUT2D eigenvalue weighted by Crippen LogP contribution is 2.54. The Kier molecular flexibility index (Phi) is 3.31. The van der Waals surface area contributed by atoms with Crippen LogP contribution in [0.2, 0.25) is 5.82 Å². The fraction of sp³-hybridized carbons (Fsp3) is 0.857. The summed E-state index contributed by atoms with van der Waals surface area (Å²) < 4.78 is 0. The maximum absolute atomic E-state index is 9.64. The largest absolute Gasteiger partial charge is 0.455 e. The predicted octanol–water partition coefficient (Wildman–Crippen LogP) is 2.62. The molecule has 17 heavy (non-hydrogen) atoms. The summed E-state index contributed by atoms with van der Waals surface area (Å²) in [5.74, 6) is 2.89. The minimum Gasteiger partial charge on any atom is -0.427 e. The van der Waals surface area contributed by atoms with Crippen LogP contribution in [0.5, 0.6) is 0 Å². The SMILES string of the molecule is OB(O)C1CC2CCC=CC2[C@H]2CCCCC12. The third-order valence-corrected chi connectivity index (χ3v) is 5.48. The molecule has 2 saturated carbocycles. The lowest BCUT2D eigenvalue weighted by molar-refractivity contribution is 0.0638. The van der Waals surface area contributed by atoms with Gasteiger partial charge < -0.3 is 10.0 Å². The van der Waals surface area contributed by atoms with Crippen molar-refractivity contribution in [2.75, 3.05) is 0 Å². The highest BCUT2D eigenvalue weighted by atomic mass is 16.4. The summed E-state index contributed by atoms with van der Waals surface area (Å²) in [7, 11) is -1.09. The Labute approximate surface area is 104 Å². The molecule has 5 atom stereocenters. The summed E-state index contributed by atoms with van der Waals surface area (Å²) >= 11 is 0. The Morgan fingerprint density at radius 1 is 1.00 bits per heavy atom. The van der Waals surface area contributed by atoms with Crippen molar-refractivity contribution in [2.24, 2.45) is 23.7 Å². The minimum absolute atomic E-state index is 0.146. The zero-order chi connectivity index (χ0) is 11.8. The average molecular weight is 234 g/mol. The minimum atomic E-state index is -1.09. The van der Waals surface area contributed by atoms with Gasteiger partial charge in [0.2, 0.25) is 0 Å². The van der Waals surface area contributed by atoms with Gasteiger partial charge in [-0.15, -0.1) is 0 Å². The van der Waals surface area contributed by atoms with Gasteiger partial charge in [-0.25, -0.2) is 0 Å². The van der Waals surface area contributed by atoms with Gasteiger partial charge in [0.25, 0.3) is 0 Å². The van der Waals surface area contributed by atoms with Crippen molar-refractivity contribution in [1.29, 1.82) is 0 Å². The monoisotopic (exact) mass is 234 g/mol. The molecule has 0 radical (unpaired) electrons. The maximum atomic E-state index is 9.64. The van der Waals surface area contributed by atoms with Crippen molar-refractivity contribution in [3.05, 3.63) is 12.2 Å². The molecule has 94 valence electrons. The van der Waals surface area contributed by atoms with Crippen molar-refractivity contribution >= 4 is 7.12 Å². The van der Waals surface area contributed by atoms with E-state index in [2.05, 4.69) is 12.2 Å². The normalized spacial score (nSPS) is 44.9. The van der Waals surface area contributed by atoms with Gasteiger partial charge >= 0.3 is 7.12 Å². The molecule has 3 aliphatic carbocycles. The van der Waals surface area contributed by atoms with E-state index in [4.69, 9.17) is 0 Å². The number of hydrogen-bond donors (Lipinski definition) is 2. The lowest BCUT2D eigenvalue weighted by Gasteiger charge is -2.50. The maximum Gasteiger partial charge on any atom is 0.455 e. The summed E-state index contributed by atoms with van der Waals surface area (Å²) in [5, 5.41) is 19.3. The van der Waals surface area contributed by atoms with Crippen LogP contribution in [0.3, 0.4) is 0 Å². The summed E-state index contributed by atoms with van der Waals surface area (Å²) in [6.07, 6.45) is 13.4. The van der Waals surface area contributed by atoms with Gasteiger partial charge in [0, 0.05) is 0 Å². The Balaban J connectivity index is 1.85. The molecular weight excluding hydrogens is 211 g/mol. The molecule has 4 unspecified atom stereocenters. The van der Waals surface area contributed by atoms with E-state index in [9.17, 15) is 10.0 Å². The second-order valence-corrected chi connectivity index (χ2v) is 6.27. The van der Waals surface area contributed by atoms with Gasteiger partial charge in [-0.05, 0) is 55.2 Å². The van der Waals surface area contributed by atoms with E-state index >= 15 is 0 Å². The van der Waals surface area contributed by atoms with Gasteiger partial charge in [0.15, 0.2) is 0 Å². The average Bonchev–Trinajstić information content (AvgIpc) is 2.37. The van der Waals surface area contributed by atoms with Gasteiger partial charge in [0.05, 0.1) is 0 Å². The van der Waals surface area contributed by atoms with E-state index in [0.717, 1.165) is 18.3 Å². The predicted molar refractivity (Wildman–Crippen MR) is 69.4 cm³/mol. The summed E-state index contributed by atoms with van der Waals surface area (Å²) in [5.41, 5.74) is 0. The van der Waals surface area contributed by atoms with E-state index in [1.807, 2.05) is 0 Å². The first-order valence-corrected chi connectivity index (χ1v) is 7.30. The summed E-state index contributed by atoms with van der Waals surface area (Å²) in [6.45, 7) is 0. The number of rotatable bonds is 1. The first-order valence-electron chi connectivity index (χ1n) is 7.30. The molecule has 2 N–H and O–H groups in total. The van der Waals surface area contributed by atoms with Crippen molar-refractivity contribution in [3.8, 4) is 0 Å². The molecule has 0 aromatic carbocycles. The van der Waals surface area contributed by atoms with Crippen LogP contribution in [0.15, 0.2) is 12.2 Å². The van der Waals surface area contributed by atoms with E-state index in [-0.39, 0.29) is 5.82 Å². The van der Waals surface area contributed by atoms with Crippen molar-refractivity contribution in [3.63, 3.8) is 0 Å². The van der Waals surface area contributed by atoms with Crippen LogP contribution in [-0.2, 0) is 0 Å². The molecular formula is C14H23BO2. The molecule has 3 rings (SSSR count). The smallest absolute Gasteiger partial charge is 0.427 e. The van der Waals surface area contributed by atoms with Crippen LogP contribution in [0.25, 0.3) is 0 Å². The molecule has 2 nitrogen and oxygen atoms in total. The Morgan fingerprint density at radius 2 is 1.76 bits per heavy atom. The number of fused-ring (bicyclic) bond motifs is 3. The van der Waals surface area contributed by atoms with E-state index in [0.29, 0.717) is 11.8 Å². The van der Waals surface area contributed by atoms with Crippen LogP contribution in [-0.4, -0.2) is 17.2 Å². The second kappa shape index (κ2) is 4.77. The highest BCUT2D eigenvalue weighted by molar-refractivity contribution is 6.43. The number of allylic oxidation sites excluding steroid dienone is 2. The molecule has 0 bridgehead atoms. The van der Waals surface area contributed by atoms with Crippen LogP contribution in [0.1, 0.15) is 44.9 Å². The third-order valence-electron chi connectivity index (χ3n) is 5.48. The van der Waals surface area contributed by atoms with E-state index in [1.54, 1.807) is 0 Å². The van der Waals surface area contributed by atoms with E-state index < -0.39 is 7.12 Å². The molecule has 0 saturated heterocycles. The van der Waals surface area contributed by atoms with Gasteiger partial charge in [-0.1, -0.05) is 31.4 Å². The fourth-order valence-corrected chi connectivity index (χ4v) is 4.75. The fourth-order valence-electron chi connectivity index (χ4n) is 4.75. The Hall–Kier alpha value is -0.275. The van der Waals surface area contributed by atoms with Crippen molar-refractivity contribution < 1.29 is 10.0 Å². The molecule has 0 aromatic heterocycles. The first-order chi connectivity index (χ1) is 8.27. The molecule has 0 aliphatic heterocycles. The third kappa shape index (κ3) is 2.08. The Morgan fingerprint density at radius 3 is 2.53 bits per heavy atom. The molecule has 3 heteroatoms. The second-order valence-electron chi connectivity index (χ2n) is 6.27. The molecule has 3 aliphatic rings. The molecule has 0 heterocycles. The standard InChI is InChI=1S/C14H23BO2/c16-15(17)14-9-10-5-1-2-6-11(10)12-7-3-4-8-13(12)14/h2,6,10-14,16-17H,1,3-5,7-9H2/t10?,11?,12-,13?,14?/m1/s1. The van der Waals surface area contributed by atoms with Crippen LogP contribution in [0.4, 0.5) is 0 Å². The lowest BCUT2D eigenvalue weighted by atomic mass is 9.48. The van der Waals surface area contributed by atoms with Crippen LogP contribution < -0.4 is 0 Å². The number of hydrogen-bond acceptors (Lipinski definition) is 2. The zero-order valence-electron chi connectivity index (χ0n) is 10.5. The van der Waals surface area contributed by atoms with Gasteiger partial charge in [0.1, 0.15) is 0 Å². The topological polar surface area (TPSA) is 40.5 Å². The van der Waals surface area contributed by atoms with E-state index in [1.165, 1.54) is 38.5 Å². The zero-order valence-corrected chi connectivity index (χ0v) is 10.5. The summed E-state index contributed by atoms with van der Waals surface area (Å²) in [6, 6.07) is 0. The highest BCUT2D eigenvalue weighted by Gasteiger charge is 2.47. The molecule has 0 spiro atoms. The van der Waals surface area contributed by atoms with Crippen LogP contribution in [0, 0.1) is 23.7 Å². The molecule has 0 aromatic rings. The molecule has 0 amide bonds. The molecule has 2 fully saturated rings. The summed E-state index contributed by atoms with van der Waals surface area (Å²) in [4.78, 5) is 0. The van der Waals surface area contributed by atoms with Crippen molar-refractivity contribution in [2.45, 2.75) is 50.8 Å². The Bertz CT molecular complexity index is 303. The first kappa shape index (κ1) is 11.8. The lowest BCUT2D eigenvalue weighted by Crippen LogP contribution is -2.44. The quantitative estimate of drug-likeness (QED) is 0.540. The van der Waals surface area contributed by atoms with Crippen molar-refractivity contribution in [1.82, 2.24) is 0 Å².